The van der Waals surface area contributed by atoms with E-state index in [2.05, 4.69) is 10.3 Å². The molecule has 33 heavy (non-hydrogen) atoms. The number of benzene rings is 2. The van der Waals surface area contributed by atoms with Crippen molar-refractivity contribution in [3.05, 3.63) is 77.9 Å². The Labute approximate surface area is 190 Å². The number of ether oxygens (including phenoxy) is 2. The molecule has 0 saturated carbocycles. The van der Waals surface area contributed by atoms with Crippen molar-refractivity contribution < 1.29 is 23.9 Å². The van der Waals surface area contributed by atoms with E-state index in [-0.39, 0.29) is 23.8 Å². The maximum Gasteiger partial charge on any atom is 0.359 e. The number of nitrogens with zero attached hydrogens (tertiary/aromatic N) is 3. The number of nitrogens with one attached hydrogen (secondary N) is 1. The quantitative estimate of drug-likeness (QED) is 0.581. The molecule has 170 valence electrons. The molecule has 1 aliphatic rings. The maximum atomic E-state index is 13.7. The number of fused-ring (bicyclic) bond motifs is 1. The highest BCUT2D eigenvalue weighted by Gasteiger charge is 2.49. The molecular formula is C24H24N4O5. The standard InChI is InChI=1S/C24H24N4O5/c1-24(23(31)25-13-16-8-5-4-6-9-16)14-27-15-26-19(22(30)33-3)20(27)21(29)28(24)17-10-7-11-18(12-17)32-2/h4-12,15H,13-14H2,1-3H3,(H,25,31). The number of anilines is 1. The van der Waals surface area contributed by atoms with Crippen molar-refractivity contribution in [1.29, 1.82) is 0 Å². The molecule has 1 aliphatic heterocycles. The van der Waals surface area contributed by atoms with E-state index >= 15 is 0 Å². The zero-order chi connectivity index (χ0) is 23.6. The van der Waals surface area contributed by atoms with Crippen molar-refractivity contribution in [1.82, 2.24) is 14.9 Å². The van der Waals surface area contributed by atoms with Gasteiger partial charge in [0.2, 0.25) is 5.91 Å². The van der Waals surface area contributed by atoms with Crippen LogP contribution in [-0.4, -0.2) is 47.1 Å². The van der Waals surface area contributed by atoms with Crippen LogP contribution in [0.1, 0.15) is 33.5 Å². The number of carbonyl (C=O) groups excluding carboxylic acids is 3. The van der Waals surface area contributed by atoms with E-state index in [4.69, 9.17) is 9.47 Å². The second-order valence-corrected chi connectivity index (χ2v) is 7.85. The average Bonchev–Trinajstić information content (AvgIpc) is 3.26. The molecule has 4 rings (SSSR count). The summed E-state index contributed by atoms with van der Waals surface area (Å²) in [7, 11) is 2.75. The molecule has 2 heterocycles. The summed E-state index contributed by atoms with van der Waals surface area (Å²) in [5.74, 6) is -1.08. The van der Waals surface area contributed by atoms with Crippen LogP contribution in [0.4, 0.5) is 5.69 Å². The first-order chi connectivity index (χ1) is 15.9. The molecule has 0 radical (unpaired) electrons. The van der Waals surface area contributed by atoms with Crippen molar-refractivity contribution in [3.8, 4) is 5.75 Å². The SMILES string of the molecule is COC(=O)c1ncn2c1C(=O)N(c1cccc(OC)c1)C(C)(C(=O)NCc1ccccc1)C2. The summed E-state index contributed by atoms with van der Waals surface area (Å²) in [6.07, 6.45) is 1.38. The summed E-state index contributed by atoms with van der Waals surface area (Å²) in [6.45, 7) is 2.08. The number of amides is 2. The summed E-state index contributed by atoms with van der Waals surface area (Å²) in [4.78, 5) is 45.0. The lowest BCUT2D eigenvalue weighted by Crippen LogP contribution is -2.64. The van der Waals surface area contributed by atoms with Crippen LogP contribution in [0, 0.1) is 0 Å². The van der Waals surface area contributed by atoms with Gasteiger partial charge in [0.05, 0.1) is 27.1 Å². The number of hydrogen-bond acceptors (Lipinski definition) is 6. The first kappa shape index (κ1) is 22.1. The van der Waals surface area contributed by atoms with Gasteiger partial charge in [-0.2, -0.15) is 0 Å². The molecule has 0 spiro atoms. The molecule has 2 amide bonds. The van der Waals surface area contributed by atoms with Crippen molar-refractivity contribution in [2.45, 2.75) is 25.6 Å². The highest BCUT2D eigenvalue weighted by molar-refractivity contribution is 6.15. The second-order valence-electron chi connectivity index (χ2n) is 7.85. The first-order valence-electron chi connectivity index (χ1n) is 10.3. The summed E-state index contributed by atoms with van der Waals surface area (Å²) in [6, 6.07) is 16.4. The Bertz CT molecular complexity index is 1210. The predicted octanol–water partition coefficient (Wildman–Crippen LogP) is 2.41. The Morgan fingerprint density at radius 2 is 1.88 bits per heavy atom. The van der Waals surface area contributed by atoms with Gasteiger partial charge in [0.1, 0.15) is 17.0 Å². The molecule has 0 saturated heterocycles. The van der Waals surface area contributed by atoms with E-state index in [0.717, 1.165) is 5.56 Å². The fourth-order valence-electron chi connectivity index (χ4n) is 4.00. The van der Waals surface area contributed by atoms with Crippen LogP contribution in [0.5, 0.6) is 5.75 Å². The van der Waals surface area contributed by atoms with Gasteiger partial charge in [0, 0.05) is 18.3 Å². The Kier molecular flexibility index (Phi) is 5.87. The Morgan fingerprint density at radius 3 is 2.58 bits per heavy atom. The van der Waals surface area contributed by atoms with Gasteiger partial charge in [-0.3, -0.25) is 14.5 Å². The lowest BCUT2D eigenvalue weighted by molar-refractivity contribution is -0.126. The largest absolute Gasteiger partial charge is 0.497 e. The second kappa shape index (κ2) is 8.78. The van der Waals surface area contributed by atoms with Crippen LogP contribution >= 0.6 is 0 Å². The first-order valence-corrected chi connectivity index (χ1v) is 10.3. The minimum atomic E-state index is -1.31. The van der Waals surface area contributed by atoms with Gasteiger partial charge in [0.25, 0.3) is 5.91 Å². The zero-order valence-corrected chi connectivity index (χ0v) is 18.6. The summed E-state index contributed by atoms with van der Waals surface area (Å²) in [5.41, 5.74) is 0.0557. The number of hydrogen-bond donors (Lipinski definition) is 1. The topological polar surface area (TPSA) is 103 Å². The number of methoxy groups -OCH3 is 2. The summed E-state index contributed by atoms with van der Waals surface area (Å²) < 4.78 is 11.6. The number of imidazole rings is 1. The summed E-state index contributed by atoms with van der Waals surface area (Å²) in [5, 5.41) is 2.94. The molecule has 9 heteroatoms. The van der Waals surface area contributed by atoms with Crippen LogP contribution in [0.25, 0.3) is 0 Å². The van der Waals surface area contributed by atoms with Gasteiger partial charge in [-0.25, -0.2) is 9.78 Å². The highest BCUT2D eigenvalue weighted by atomic mass is 16.5. The lowest BCUT2D eigenvalue weighted by Gasteiger charge is -2.43. The molecule has 1 N–H and O–H groups in total. The fourth-order valence-corrected chi connectivity index (χ4v) is 4.00. The predicted molar refractivity (Wildman–Crippen MR) is 120 cm³/mol. The number of carbonyl (C=O) groups is 3. The molecule has 9 nitrogen and oxygen atoms in total. The van der Waals surface area contributed by atoms with E-state index < -0.39 is 17.4 Å². The van der Waals surface area contributed by atoms with Crippen LogP contribution in [0.3, 0.4) is 0 Å². The van der Waals surface area contributed by atoms with Gasteiger partial charge in [-0.15, -0.1) is 0 Å². The minimum Gasteiger partial charge on any atom is -0.497 e. The summed E-state index contributed by atoms with van der Waals surface area (Å²) >= 11 is 0. The van der Waals surface area contributed by atoms with Crippen molar-refractivity contribution in [2.75, 3.05) is 19.1 Å². The third-order valence-corrected chi connectivity index (χ3v) is 5.69. The van der Waals surface area contributed by atoms with Crippen LogP contribution < -0.4 is 15.0 Å². The molecule has 1 unspecified atom stereocenters. The number of aromatic nitrogens is 2. The van der Waals surface area contributed by atoms with E-state index in [1.807, 2.05) is 30.3 Å². The van der Waals surface area contributed by atoms with Gasteiger partial charge < -0.3 is 19.4 Å². The van der Waals surface area contributed by atoms with Crippen molar-refractivity contribution in [3.63, 3.8) is 0 Å². The molecular weight excluding hydrogens is 424 g/mol. The zero-order valence-electron chi connectivity index (χ0n) is 18.6. The maximum absolute atomic E-state index is 13.7. The van der Waals surface area contributed by atoms with Crippen molar-refractivity contribution in [2.24, 2.45) is 0 Å². The van der Waals surface area contributed by atoms with Gasteiger partial charge in [0.15, 0.2) is 5.69 Å². The third-order valence-electron chi connectivity index (χ3n) is 5.69. The molecule has 0 aliphatic carbocycles. The third kappa shape index (κ3) is 3.93. The van der Waals surface area contributed by atoms with Gasteiger partial charge in [-0.05, 0) is 24.6 Å². The Balaban J connectivity index is 1.77. The van der Waals surface area contributed by atoms with E-state index in [1.54, 1.807) is 31.2 Å². The smallest absolute Gasteiger partial charge is 0.359 e. The Hall–Kier alpha value is -4.14. The molecule has 2 aromatic carbocycles. The molecule has 0 bridgehead atoms. The van der Waals surface area contributed by atoms with Crippen LogP contribution in [0.15, 0.2) is 60.9 Å². The van der Waals surface area contributed by atoms with Crippen LogP contribution in [-0.2, 0) is 22.6 Å². The fraction of sp³-hybridized carbons (Fsp3) is 0.250. The van der Waals surface area contributed by atoms with Gasteiger partial charge >= 0.3 is 5.97 Å². The van der Waals surface area contributed by atoms with E-state index in [1.165, 1.54) is 30.0 Å². The minimum absolute atomic E-state index is 0.0676. The highest BCUT2D eigenvalue weighted by Crippen LogP contribution is 2.35. The van der Waals surface area contributed by atoms with Crippen molar-refractivity contribution >= 4 is 23.5 Å². The Morgan fingerprint density at radius 1 is 1.12 bits per heavy atom. The average molecular weight is 448 g/mol. The van der Waals surface area contributed by atoms with E-state index in [0.29, 0.717) is 18.0 Å². The van der Waals surface area contributed by atoms with Gasteiger partial charge in [-0.1, -0.05) is 36.4 Å². The van der Waals surface area contributed by atoms with Crippen LogP contribution in [0.2, 0.25) is 0 Å². The lowest BCUT2D eigenvalue weighted by atomic mass is 9.93. The molecule has 3 aromatic rings. The molecule has 1 atom stereocenters. The monoisotopic (exact) mass is 448 g/mol. The normalized spacial score (nSPS) is 17.3. The molecule has 1 aromatic heterocycles. The number of esters is 1. The molecule has 0 fully saturated rings. The number of rotatable bonds is 6. The van der Waals surface area contributed by atoms with E-state index in [9.17, 15) is 14.4 Å².